The molecule has 1 aliphatic rings. The van der Waals surface area contributed by atoms with Gasteiger partial charge in [0.2, 0.25) is 11.6 Å². The van der Waals surface area contributed by atoms with Crippen LogP contribution in [0.4, 0.5) is 5.82 Å². The molecule has 1 amide bonds. The number of nitrogens with zero attached hydrogens (tertiary/aromatic N) is 7. The number of hydrogen-bond donors (Lipinski definition) is 3. The molecule has 1 aliphatic heterocycles. The average molecular weight is 425 g/mol. The van der Waals surface area contributed by atoms with Crippen LogP contribution in [0.15, 0.2) is 34.0 Å². The Labute approximate surface area is 177 Å². The van der Waals surface area contributed by atoms with Crippen molar-refractivity contribution in [1.82, 2.24) is 35.6 Å². The smallest absolute Gasteiger partial charge is 0.293 e. The summed E-state index contributed by atoms with van der Waals surface area (Å²) in [7, 11) is 0. The van der Waals surface area contributed by atoms with Gasteiger partial charge in [-0.1, -0.05) is 12.1 Å². The lowest BCUT2D eigenvalue weighted by atomic mass is 9.99. The van der Waals surface area contributed by atoms with Gasteiger partial charge in [0.1, 0.15) is 5.75 Å². The van der Waals surface area contributed by atoms with Crippen molar-refractivity contribution in [2.45, 2.75) is 26.3 Å². The third kappa shape index (κ3) is 4.69. The monoisotopic (exact) mass is 425 g/mol. The van der Waals surface area contributed by atoms with Crippen molar-refractivity contribution in [3.8, 4) is 11.6 Å². The molecule has 2 aromatic heterocycles. The van der Waals surface area contributed by atoms with E-state index in [0.29, 0.717) is 23.7 Å². The number of carbonyl (C=O) groups is 1. The summed E-state index contributed by atoms with van der Waals surface area (Å²) < 4.78 is 6.06. The normalized spacial score (nSPS) is 15.5. The third-order valence-electron chi connectivity index (χ3n) is 5.20. The molecular formula is C19H23N9O3. The second-order valence-corrected chi connectivity index (χ2v) is 7.52. The molecule has 1 saturated heterocycles. The van der Waals surface area contributed by atoms with Crippen LogP contribution in [0.3, 0.4) is 0 Å². The van der Waals surface area contributed by atoms with E-state index in [2.05, 4.69) is 47.6 Å². The second kappa shape index (κ2) is 8.92. The molecule has 0 saturated carbocycles. The molecular weight excluding hydrogens is 402 g/mol. The van der Waals surface area contributed by atoms with Crippen LogP contribution in [0, 0.1) is 5.92 Å². The number of aromatic hydroxyl groups is 1. The van der Waals surface area contributed by atoms with E-state index in [1.54, 1.807) is 12.1 Å². The van der Waals surface area contributed by atoms with Crippen molar-refractivity contribution in [1.29, 1.82) is 0 Å². The molecule has 4 rings (SSSR count). The molecule has 3 aromatic rings. The van der Waals surface area contributed by atoms with Crippen LogP contribution < -0.4 is 11.2 Å². The minimum absolute atomic E-state index is 0.0516. The molecule has 162 valence electrons. The van der Waals surface area contributed by atoms with Gasteiger partial charge < -0.3 is 10.8 Å². The maximum absolute atomic E-state index is 12.8. The molecule has 0 unspecified atom stereocenters. The molecule has 0 spiro atoms. The van der Waals surface area contributed by atoms with Crippen molar-refractivity contribution < 1.29 is 14.5 Å². The Hall–Kier alpha value is -3.80. The largest absolute Gasteiger partial charge is 0.508 e. The SMILES string of the molecule is CC1CCN(Cc2c(C(=O)N/N=C\c3ccc(O)cc3)nnn2-c2nonc2N)CC1. The van der Waals surface area contributed by atoms with Crippen LogP contribution in [0.5, 0.6) is 5.75 Å². The number of piperidine rings is 1. The van der Waals surface area contributed by atoms with Gasteiger partial charge in [0.25, 0.3) is 5.91 Å². The lowest BCUT2D eigenvalue weighted by molar-refractivity contribution is 0.0947. The van der Waals surface area contributed by atoms with E-state index < -0.39 is 5.91 Å². The van der Waals surface area contributed by atoms with E-state index in [-0.39, 0.29) is 23.1 Å². The Morgan fingerprint density at radius 2 is 2.06 bits per heavy atom. The lowest BCUT2D eigenvalue weighted by Crippen LogP contribution is -2.34. The number of rotatable bonds is 6. The molecule has 31 heavy (non-hydrogen) atoms. The number of carbonyl (C=O) groups excluding carboxylic acids is 1. The number of aromatic nitrogens is 5. The van der Waals surface area contributed by atoms with E-state index in [0.717, 1.165) is 25.9 Å². The van der Waals surface area contributed by atoms with Gasteiger partial charge >= 0.3 is 0 Å². The summed E-state index contributed by atoms with van der Waals surface area (Å²) in [5.74, 6) is 0.537. The number of nitrogens with one attached hydrogen (secondary N) is 1. The van der Waals surface area contributed by atoms with Gasteiger partial charge in [-0.3, -0.25) is 9.69 Å². The van der Waals surface area contributed by atoms with Crippen molar-refractivity contribution in [3.63, 3.8) is 0 Å². The maximum atomic E-state index is 12.8. The zero-order valence-electron chi connectivity index (χ0n) is 17.0. The van der Waals surface area contributed by atoms with Crippen LogP contribution in [0.25, 0.3) is 5.82 Å². The Bertz CT molecular complexity index is 1070. The van der Waals surface area contributed by atoms with Crippen molar-refractivity contribution in [2.24, 2.45) is 11.0 Å². The van der Waals surface area contributed by atoms with Gasteiger partial charge in [0.05, 0.1) is 11.9 Å². The number of nitrogens with two attached hydrogens (primary N) is 1. The zero-order chi connectivity index (χ0) is 21.8. The van der Waals surface area contributed by atoms with E-state index in [9.17, 15) is 9.90 Å². The van der Waals surface area contributed by atoms with Crippen LogP contribution in [-0.4, -0.2) is 60.5 Å². The minimum atomic E-state index is -0.517. The van der Waals surface area contributed by atoms with Gasteiger partial charge in [-0.2, -0.15) is 9.78 Å². The number of hydrazone groups is 1. The number of likely N-dealkylation sites (tertiary alicyclic amines) is 1. The molecule has 1 fully saturated rings. The van der Waals surface area contributed by atoms with E-state index >= 15 is 0 Å². The molecule has 12 heteroatoms. The Kier molecular flexibility index (Phi) is 5.89. The molecule has 0 aliphatic carbocycles. The topological polar surface area (TPSA) is 161 Å². The van der Waals surface area contributed by atoms with Crippen molar-refractivity contribution in [3.05, 3.63) is 41.2 Å². The van der Waals surface area contributed by atoms with E-state index in [4.69, 9.17) is 5.73 Å². The van der Waals surface area contributed by atoms with Gasteiger partial charge in [0, 0.05) is 6.54 Å². The lowest BCUT2D eigenvalue weighted by Gasteiger charge is -2.30. The first-order chi connectivity index (χ1) is 15.0. The van der Waals surface area contributed by atoms with E-state index in [1.165, 1.54) is 23.0 Å². The van der Waals surface area contributed by atoms with E-state index in [1.807, 2.05) is 0 Å². The molecule has 0 radical (unpaired) electrons. The highest BCUT2D eigenvalue weighted by Gasteiger charge is 2.26. The fourth-order valence-electron chi connectivity index (χ4n) is 3.34. The Balaban J connectivity index is 1.55. The first kappa shape index (κ1) is 20.5. The predicted octanol–water partition coefficient (Wildman–Crippen LogP) is 0.934. The predicted molar refractivity (Wildman–Crippen MR) is 110 cm³/mol. The number of phenols is 1. The zero-order valence-corrected chi connectivity index (χ0v) is 17.0. The molecule has 0 atom stereocenters. The van der Waals surface area contributed by atoms with Gasteiger partial charge in [-0.25, -0.2) is 10.1 Å². The third-order valence-corrected chi connectivity index (χ3v) is 5.20. The molecule has 0 bridgehead atoms. The minimum Gasteiger partial charge on any atom is -0.508 e. The number of nitrogen functional groups attached to an aromatic ring is 1. The van der Waals surface area contributed by atoms with Gasteiger partial charge in [-0.05, 0) is 72.0 Å². The van der Waals surface area contributed by atoms with Gasteiger partial charge in [0.15, 0.2) is 5.69 Å². The summed E-state index contributed by atoms with van der Waals surface area (Å²) in [5, 5.41) is 28.8. The Morgan fingerprint density at radius 1 is 1.32 bits per heavy atom. The Morgan fingerprint density at radius 3 is 2.74 bits per heavy atom. The standard InChI is InChI=1S/C19H23N9O3/c1-12-6-8-27(9-7-12)11-15-16(22-26-28(15)18-17(20)24-31-25-18)19(30)23-21-10-13-2-4-14(29)5-3-13/h2-5,10,12,29H,6-9,11H2,1H3,(H2,20,24)(H,23,30)/b21-10-. The number of amides is 1. The summed E-state index contributed by atoms with van der Waals surface area (Å²) >= 11 is 0. The maximum Gasteiger partial charge on any atom is 0.293 e. The van der Waals surface area contributed by atoms with Crippen LogP contribution in [0.1, 0.15) is 41.5 Å². The number of hydrogen-bond acceptors (Lipinski definition) is 10. The van der Waals surface area contributed by atoms with Crippen molar-refractivity contribution in [2.75, 3.05) is 18.8 Å². The highest BCUT2D eigenvalue weighted by molar-refractivity contribution is 5.94. The first-order valence-electron chi connectivity index (χ1n) is 9.89. The van der Waals surface area contributed by atoms with Crippen LogP contribution in [-0.2, 0) is 6.54 Å². The summed E-state index contributed by atoms with van der Waals surface area (Å²) in [4.78, 5) is 15.0. The fourth-order valence-corrected chi connectivity index (χ4v) is 3.34. The second-order valence-electron chi connectivity index (χ2n) is 7.52. The molecule has 1 aromatic carbocycles. The average Bonchev–Trinajstić information content (AvgIpc) is 3.37. The van der Waals surface area contributed by atoms with Crippen molar-refractivity contribution >= 4 is 17.9 Å². The summed E-state index contributed by atoms with van der Waals surface area (Å²) in [5.41, 5.74) is 9.64. The summed E-state index contributed by atoms with van der Waals surface area (Å²) in [6.45, 7) is 4.48. The molecule has 4 N–H and O–H groups in total. The quantitative estimate of drug-likeness (QED) is 0.385. The highest BCUT2D eigenvalue weighted by Crippen LogP contribution is 2.21. The van der Waals surface area contributed by atoms with Gasteiger partial charge in [-0.15, -0.1) is 5.10 Å². The first-order valence-corrected chi connectivity index (χ1v) is 9.89. The fraction of sp³-hybridized carbons (Fsp3) is 0.368. The molecule has 3 heterocycles. The van der Waals surface area contributed by atoms with Crippen LogP contribution in [0.2, 0.25) is 0 Å². The summed E-state index contributed by atoms with van der Waals surface area (Å²) in [6, 6.07) is 6.40. The van der Waals surface area contributed by atoms with Crippen LogP contribution >= 0.6 is 0 Å². The number of anilines is 1. The summed E-state index contributed by atoms with van der Waals surface area (Å²) in [6.07, 6.45) is 3.62. The number of benzene rings is 1. The number of phenolic OH excluding ortho intramolecular Hbond substituents is 1. The molecule has 12 nitrogen and oxygen atoms in total. The highest BCUT2D eigenvalue weighted by atomic mass is 16.6.